The van der Waals surface area contributed by atoms with Gasteiger partial charge in [0.1, 0.15) is 11.2 Å². The topological polar surface area (TPSA) is 100 Å². The zero-order valence-electron chi connectivity index (χ0n) is 11.5. The Morgan fingerprint density at radius 2 is 2.24 bits per heavy atom. The van der Waals surface area contributed by atoms with Crippen LogP contribution in [0, 0.1) is 10.5 Å². The Labute approximate surface area is 139 Å². The molecule has 0 aliphatic rings. The molecule has 0 aliphatic carbocycles. The Morgan fingerprint density at radius 1 is 1.52 bits per heavy atom. The van der Waals surface area contributed by atoms with Crippen molar-refractivity contribution in [2.24, 2.45) is 0 Å². The minimum absolute atomic E-state index is 0.302. The van der Waals surface area contributed by atoms with Gasteiger partial charge in [0, 0.05) is 9.26 Å². The van der Waals surface area contributed by atoms with Crippen molar-refractivity contribution in [1.29, 1.82) is 0 Å². The van der Waals surface area contributed by atoms with Crippen LogP contribution in [0.3, 0.4) is 0 Å². The summed E-state index contributed by atoms with van der Waals surface area (Å²) in [6.07, 6.45) is -0.757. The van der Waals surface area contributed by atoms with E-state index in [9.17, 15) is 9.90 Å². The summed E-state index contributed by atoms with van der Waals surface area (Å²) in [5.74, 6) is -0.302. The molecular weight excluding hydrogens is 403 g/mol. The minimum atomic E-state index is -0.757. The second kappa shape index (κ2) is 6.58. The highest BCUT2D eigenvalue weighted by Gasteiger charge is 2.15. The minimum Gasteiger partial charge on any atom is -0.389 e. The third kappa shape index (κ3) is 4.05. The maximum atomic E-state index is 12.3. The van der Waals surface area contributed by atoms with Crippen LogP contribution in [0.1, 0.15) is 23.0 Å². The molecule has 0 radical (unpaired) electrons. The van der Waals surface area contributed by atoms with Gasteiger partial charge in [-0.25, -0.2) is 4.98 Å². The Kier molecular flexibility index (Phi) is 5.01. The van der Waals surface area contributed by atoms with Crippen LogP contribution in [0.2, 0.25) is 0 Å². The summed E-state index contributed by atoms with van der Waals surface area (Å²) >= 11 is 3.37. The molecule has 8 heteroatoms. The van der Waals surface area contributed by atoms with E-state index >= 15 is 0 Å². The van der Waals surface area contributed by atoms with E-state index in [0.29, 0.717) is 27.1 Å². The molecule has 6 nitrogen and oxygen atoms in total. The van der Waals surface area contributed by atoms with Crippen molar-refractivity contribution in [2.45, 2.75) is 20.1 Å². The largest absolute Gasteiger partial charge is 0.389 e. The number of aliphatic hydroxyl groups excluding tert-OH is 1. The fourth-order valence-corrected chi connectivity index (χ4v) is 2.90. The SMILES string of the molecule is Cc1nc(NC(=O)c2ccc(I)cc2NC(C)O)sc1N. The number of halogens is 1. The van der Waals surface area contributed by atoms with Crippen LogP contribution in [0.25, 0.3) is 0 Å². The molecule has 0 aliphatic heterocycles. The molecule has 21 heavy (non-hydrogen) atoms. The van der Waals surface area contributed by atoms with E-state index in [4.69, 9.17) is 5.73 Å². The number of hydrogen-bond acceptors (Lipinski definition) is 6. The Morgan fingerprint density at radius 3 is 2.81 bits per heavy atom. The number of hydrogen-bond donors (Lipinski definition) is 4. The summed E-state index contributed by atoms with van der Waals surface area (Å²) in [6, 6.07) is 5.32. The van der Waals surface area contributed by atoms with Gasteiger partial charge in [0.2, 0.25) is 0 Å². The van der Waals surface area contributed by atoms with Gasteiger partial charge in [0.25, 0.3) is 5.91 Å². The fraction of sp³-hybridized carbons (Fsp3) is 0.231. The summed E-state index contributed by atoms with van der Waals surface area (Å²) in [5.41, 5.74) is 7.42. The van der Waals surface area contributed by atoms with E-state index in [1.165, 1.54) is 11.3 Å². The molecule has 112 valence electrons. The van der Waals surface area contributed by atoms with Gasteiger partial charge in [-0.15, -0.1) is 0 Å². The molecule has 0 saturated carbocycles. The molecule has 1 aromatic carbocycles. The molecule has 2 rings (SSSR count). The lowest BCUT2D eigenvalue weighted by molar-refractivity contribution is 0.102. The highest BCUT2D eigenvalue weighted by molar-refractivity contribution is 14.1. The number of nitrogens with zero attached hydrogens (tertiary/aromatic N) is 1. The molecule has 0 spiro atoms. The lowest BCUT2D eigenvalue weighted by atomic mass is 10.1. The maximum absolute atomic E-state index is 12.3. The first-order valence-electron chi connectivity index (χ1n) is 6.15. The third-order valence-corrected chi connectivity index (χ3v) is 4.22. The molecule has 1 atom stereocenters. The molecule has 1 aromatic heterocycles. The van der Waals surface area contributed by atoms with Crippen molar-refractivity contribution in [3.8, 4) is 0 Å². The summed E-state index contributed by atoms with van der Waals surface area (Å²) < 4.78 is 0.960. The van der Waals surface area contributed by atoms with Crippen LogP contribution in [0.4, 0.5) is 15.8 Å². The average Bonchev–Trinajstić information content (AvgIpc) is 2.67. The van der Waals surface area contributed by atoms with Crippen molar-refractivity contribution in [3.05, 3.63) is 33.0 Å². The quantitative estimate of drug-likeness (QED) is 0.452. The maximum Gasteiger partial charge on any atom is 0.259 e. The standard InChI is InChI=1S/C13H15IN4O2S/c1-6-11(15)21-13(16-6)18-12(20)9-4-3-8(14)5-10(9)17-7(2)19/h3-5,7,17,19H,15H2,1-2H3,(H,16,18,20). The summed E-state index contributed by atoms with van der Waals surface area (Å²) in [4.78, 5) is 16.5. The van der Waals surface area contributed by atoms with E-state index in [0.717, 1.165) is 3.57 Å². The van der Waals surface area contributed by atoms with Crippen LogP contribution < -0.4 is 16.4 Å². The van der Waals surface area contributed by atoms with E-state index in [1.54, 1.807) is 26.0 Å². The van der Waals surface area contributed by atoms with E-state index in [-0.39, 0.29) is 5.91 Å². The van der Waals surface area contributed by atoms with Gasteiger partial charge in [0.15, 0.2) is 5.13 Å². The number of nitrogen functional groups attached to an aromatic ring is 1. The van der Waals surface area contributed by atoms with Gasteiger partial charge < -0.3 is 16.2 Å². The van der Waals surface area contributed by atoms with Crippen molar-refractivity contribution >= 4 is 55.7 Å². The highest BCUT2D eigenvalue weighted by atomic mass is 127. The van der Waals surface area contributed by atoms with Crippen LogP contribution in [-0.2, 0) is 0 Å². The highest BCUT2D eigenvalue weighted by Crippen LogP contribution is 2.26. The normalized spacial score (nSPS) is 12.0. The fourth-order valence-electron chi connectivity index (χ4n) is 1.69. The molecular formula is C13H15IN4O2S. The molecule has 0 saturated heterocycles. The Balaban J connectivity index is 2.25. The van der Waals surface area contributed by atoms with E-state index in [2.05, 4.69) is 38.2 Å². The number of carbonyl (C=O) groups excluding carboxylic acids is 1. The monoisotopic (exact) mass is 418 g/mol. The lowest BCUT2D eigenvalue weighted by Gasteiger charge is -2.14. The average molecular weight is 418 g/mol. The van der Waals surface area contributed by atoms with E-state index < -0.39 is 6.23 Å². The van der Waals surface area contributed by atoms with Crippen LogP contribution in [0.5, 0.6) is 0 Å². The smallest absolute Gasteiger partial charge is 0.259 e. The molecule has 2 aromatic rings. The number of rotatable bonds is 4. The second-order valence-electron chi connectivity index (χ2n) is 4.43. The first-order chi connectivity index (χ1) is 9.86. The molecule has 1 heterocycles. The number of nitrogens with two attached hydrogens (primary N) is 1. The predicted octanol–water partition coefficient (Wildman–Crippen LogP) is 2.64. The molecule has 0 fully saturated rings. The van der Waals surface area contributed by atoms with Gasteiger partial charge in [-0.05, 0) is 54.6 Å². The zero-order valence-corrected chi connectivity index (χ0v) is 14.4. The molecule has 0 bridgehead atoms. The third-order valence-electron chi connectivity index (χ3n) is 2.64. The van der Waals surface area contributed by atoms with Gasteiger partial charge >= 0.3 is 0 Å². The van der Waals surface area contributed by atoms with Crippen LogP contribution >= 0.6 is 33.9 Å². The number of aryl methyl sites for hydroxylation is 1. The van der Waals surface area contributed by atoms with Gasteiger partial charge in [-0.3, -0.25) is 10.1 Å². The number of amides is 1. The van der Waals surface area contributed by atoms with Gasteiger partial charge in [-0.2, -0.15) is 0 Å². The summed E-state index contributed by atoms with van der Waals surface area (Å²) in [6.45, 7) is 3.37. The van der Waals surface area contributed by atoms with Crippen LogP contribution in [-0.4, -0.2) is 22.2 Å². The van der Waals surface area contributed by atoms with Gasteiger partial charge in [0.05, 0.1) is 11.3 Å². The molecule has 1 unspecified atom stereocenters. The zero-order chi connectivity index (χ0) is 15.6. The van der Waals surface area contributed by atoms with Gasteiger partial charge in [-0.1, -0.05) is 11.3 Å². The van der Waals surface area contributed by atoms with E-state index in [1.807, 2.05) is 6.07 Å². The number of nitrogens with one attached hydrogen (secondary N) is 2. The van der Waals surface area contributed by atoms with Crippen molar-refractivity contribution in [2.75, 3.05) is 16.4 Å². The Bertz CT molecular complexity index is 653. The molecule has 5 N–H and O–H groups in total. The molecule has 1 amide bonds. The van der Waals surface area contributed by atoms with Crippen molar-refractivity contribution in [3.63, 3.8) is 0 Å². The Hall–Kier alpha value is -1.39. The van der Waals surface area contributed by atoms with Crippen LogP contribution in [0.15, 0.2) is 18.2 Å². The number of benzene rings is 1. The number of anilines is 3. The first-order valence-corrected chi connectivity index (χ1v) is 8.04. The summed E-state index contributed by atoms with van der Waals surface area (Å²) in [7, 11) is 0. The number of carbonyl (C=O) groups is 1. The number of aliphatic hydroxyl groups is 1. The second-order valence-corrected chi connectivity index (χ2v) is 6.71. The first kappa shape index (κ1) is 16.0. The summed E-state index contributed by atoms with van der Waals surface area (Å²) in [5, 5.41) is 16.1. The van der Waals surface area contributed by atoms with Crippen molar-refractivity contribution in [1.82, 2.24) is 4.98 Å². The number of thiazole rings is 1. The number of aromatic nitrogens is 1. The predicted molar refractivity (Wildman–Crippen MR) is 93.7 cm³/mol. The van der Waals surface area contributed by atoms with Crippen molar-refractivity contribution < 1.29 is 9.90 Å². The lowest BCUT2D eigenvalue weighted by Crippen LogP contribution is -2.19.